The van der Waals surface area contributed by atoms with Crippen LogP contribution in [0.25, 0.3) is 0 Å². The van der Waals surface area contributed by atoms with Crippen LogP contribution >= 0.6 is 0 Å². The van der Waals surface area contributed by atoms with E-state index in [1.807, 2.05) is 0 Å². The maximum atomic E-state index is 9.62. The fourth-order valence-electron chi connectivity index (χ4n) is 0.0481. The average Bonchev–Trinajstić information content (AvgIpc) is 1.65. The number of aldehydes is 1. The second kappa shape index (κ2) is 2.59. The Morgan fingerprint density at radius 2 is 2.33 bits per heavy atom. The molecule has 0 rings (SSSR count). The fourth-order valence-corrected chi connectivity index (χ4v) is 0.144. The first-order valence-corrected chi connectivity index (χ1v) is 2.16. The van der Waals surface area contributed by atoms with E-state index in [0.717, 1.165) is 0 Å². The maximum absolute atomic E-state index is 9.62. The van der Waals surface area contributed by atoms with Crippen molar-refractivity contribution in [2.45, 2.75) is 0 Å². The maximum Gasteiger partial charge on any atom is 0.357 e. The molecule has 4 heteroatoms. The highest BCUT2D eigenvalue weighted by molar-refractivity contribution is 6.26. The van der Waals surface area contributed by atoms with Crippen molar-refractivity contribution in [3.63, 3.8) is 0 Å². The van der Waals surface area contributed by atoms with Gasteiger partial charge in [-0.05, 0) is 0 Å². The normalized spacial score (nSPS) is 7.33. The van der Waals surface area contributed by atoms with E-state index in [4.69, 9.17) is 0 Å². The van der Waals surface area contributed by atoms with E-state index in [1.54, 1.807) is 0 Å². The molecule has 0 radical (unpaired) electrons. The van der Waals surface area contributed by atoms with Gasteiger partial charge in [0.2, 0.25) is 16.8 Å². The van der Waals surface area contributed by atoms with E-state index < -0.39 is 5.97 Å². The van der Waals surface area contributed by atoms with E-state index in [2.05, 4.69) is 4.43 Å². The quantitative estimate of drug-likeness (QED) is 0.220. The van der Waals surface area contributed by atoms with Crippen LogP contribution in [0.15, 0.2) is 0 Å². The van der Waals surface area contributed by atoms with Gasteiger partial charge < -0.3 is 4.43 Å². The van der Waals surface area contributed by atoms with Gasteiger partial charge in [-0.2, -0.15) is 0 Å². The SMILES string of the molecule is O=CC(=O)O[SiH3]. The second-order valence-electron chi connectivity index (χ2n) is 0.641. The van der Waals surface area contributed by atoms with Crippen LogP contribution in [-0.4, -0.2) is 22.7 Å². The summed E-state index contributed by atoms with van der Waals surface area (Å²) in [6.45, 7) is 0. The third kappa shape index (κ3) is 1.65. The lowest BCUT2D eigenvalue weighted by Crippen LogP contribution is -2.00. The number of hydrogen-bond acceptors (Lipinski definition) is 3. The number of rotatable bonds is 1. The molecule has 0 saturated carbocycles. The highest BCUT2D eigenvalue weighted by Crippen LogP contribution is 1.56. The summed E-state index contributed by atoms with van der Waals surface area (Å²) >= 11 is 0. The molecule has 3 nitrogen and oxygen atoms in total. The Kier molecular flexibility index (Phi) is 2.31. The summed E-state index contributed by atoms with van der Waals surface area (Å²) in [6, 6.07) is 0. The largest absolute Gasteiger partial charge is 0.523 e. The molecule has 0 fully saturated rings. The lowest BCUT2D eigenvalue weighted by Gasteiger charge is -1.81. The molecule has 0 bridgehead atoms. The molecule has 0 aliphatic rings. The van der Waals surface area contributed by atoms with Gasteiger partial charge in [0.1, 0.15) is 0 Å². The van der Waals surface area contributed by atoms with Crippen LogP contribution < -0.4 is 0 Å². The van der Waals surface area contributed by atoms with Crippen LogP contribution in [0.1, 0.15) is 0 Å². The molecule has 34 valence electrons. The molecule has 0 unspecified atom stereocenters. The van der Waals surface area contributed by atoms with Gasteiger partial charge in [0.25, 0.3) is 0 Å². The highest BCUT2D eigenvalue weighted by atomic mass is 28.2. The Morgan fingerprint density at radius 3 is 2.33 bits per heavy atom. The molecular formula is C2H4O3Si. The van der Waals surface area contributed by atoms with Crippen molar-refractivity contribution in [3.05, 3.63) is 0 Å². The molecule has 0 aliphatic carbocycles. The summed E-state index contributed by atoms with van der Waals surface area (Å²) in [5.74, 6) is -0.776. The zero-order valence-electron chi connectivity index (χ0n) is 3.30. The third-order valence-corrected chi connectivity index (χ3v) is 0.700. The fraction of sp³-hybridized carbons (Fsp3) is 0. The van der Waals surface area contributed by atoms with E-state index in [1.165, 1.54) is 0 Å². The van der Waals surface area contributed by atoms with Crippen molar-refractivity contribution < 1.29 is 14.0 Å². The molecule has 0 aliphatic heterocycles. The van der Waals surface area contributed by atoms with E-state index in [0.29, 0.717) is 10.5 Å². The lowest BCUT2D eigenvalue weighted by molar-refractivity contribution is -0.141. The topological polar surface area (TPSA) is 43.4 Å². The van der Waals surface area contributed by atoms with Crippen LogP contribution in [0.2, 0.25) is 0 Å². The Labute approximate surface area is 37.8 Å². The summed E-state index contributed by atoms with van der Waals surface area (Å²) in [5, 5.41) is 0. The predicted octanol–water partition coefficient (Wildman–Crippen LogP) is -1.99. The monoisotopic (exact) mass is 104 g/mol. The van der Waals surface area contributed by atoms with Crippen molar-refractivity contribution >= 4 is 22.7 Å². The van der Waals surface area contributed by atoms with Crippen LogP contribution in [0.3, 0.4) is 0 Å². The van der Waals surface area contributed by atoms with Crippen LogP contribution in [0.4, 0.5) is 0 Å². The Morgan fingerprint density at radius 1 is 1.83 bits per heavy atom. The van der Waals surface area contributed by atoms with Crippen LogP contribution in [0.5, 0.6) is 0 Å². The Balaban J connectivity index is 3.23. The van der Waals surface area contributed by atoms with Crippen LogP contribution in [0, 0.1) is 0 Å². The first-order chi connectivity index (χ1) is 2.81. The summed E-state index contributed by atoms with van der Waals surface area (Å²) in [5.41, 5.74) is 0. The Hall–Kier alpha value is -0.643. The number of carbonyl (C=O) groups excluding carboxylic acids is 2. The van der Waals surface area contributed by atoms with Crippen molar-refractivity contribution in [2.24, 2.45) is 0 Å². The van der Waals surface area contributed by atoms with Gasteiger partial charge in [0.05, 0.1) is 0 Å². The van der Waals surface area contributed by atoms with E-state index >= 15 is 0 Å². The minimum absolute atomic E-state index is 0.146. The number of hydrogen-bond donors (Lipinski definition) is 0. The van der Waals surface area contributed by atoms with Crippen molar-refractivity contribution in [1.29, 1.82) is 0 Å². The smallest absolute Gasteiger partial charge is 0.357 e. The summed E-state index contributed by atoms with van der Waals surface area (Å²) in [4.78, 5) is 18.9. The minimum Gasteiger partial charge on any atom is -0.523 e. The minimum atomic E-state index is -0.776. The van der Waals surface area contributed by atoms with Gasteiger partial charge in [-0.15, -0.1) is 0 Å². The zero-order chi connectivity index (χ0) is 4.99. The van der Waals surface area contributed by atoms with Crippen LogP contribution in [-0.2, 0) is 14.0 Å². The predicted molar refractivity (Wildman–Crippen MR) is 22.1 cm³/mol. The van der Waals surface area contributed by atoms with Gasteiger partial charge in [-0.3, -0.25) is 4.79 Å². The average molecular weight is 104 g/mol. The molecular weight excluding hydrogens is 100 g/mol. The lowest BCUT2D eigenvalue weighted by atomic mass is 10.8. The molecule has 0 atom stereocenters. The second-order valence-corrected chi connectivity index (χ2v) is 1.05. The number of carbonyl (C=O) groups is 2. The Bertz CT molecular complexity index is 69.2. The molecule has 0 heterocycles. The molecule has 0 aromatic carbocycles. The molecule has 6 heavy (non-hydrogen) atoms. The molecule has 0 aromatic heterocycles. The summed E-state index contributed by atoms with van der Waals surface area (Å²) in [7, 11) is 0.302. The molecule has 0 aromatic rings. The molecule has 0 spiro atoms. The van der Waals surface area contributed by atoms with E-state index in [-0.39, 0.29) is 6.29 Å². The third-order valence-electron chi connectivity index (χ3n) is 0.297. The molecule has 0 saturated heterocycles. The van der Waals surface area contributed by atoms with Gasteiger partial charge in [0.15, 0.2) is 0 Å². The zero-order valence-corrected chi connectivity index (χ0v) is 5.30. The van der Waals surface area contributed by atoms with Gasteiger partial charge in [-0.1, -0.05) is 0 Å². The summed E-state index contributed by atoms with van der Waals surface area (Å²) in [6.07, 6.45) is 0.146. The van der Waals surface area contributed by atoms with Gasteiger partial charge >= 0.3 is 5.97 Å². The summed E-state index contributed by atoms with van der Waals surface area (Å²) < 4.78 is 4.03. The first kappa shape index (κ1) is 5.36. The van der Waals surface area contributed by atoms with Gasteiger partial charge in [-0.25, -0.2) is 4.79 Å². The van der Waals surface area contributed by atoms with Gasteiger partial charge in [0, 0.05) is 0 Å². The molecule has 0 N–H and O–H groups in total. The van der Waals surface area contributed by atoms with Crippen molar-refractivity contribution in [2.75, 3.05) is 0 Å². The highest BCUT2D eigenvalue weighted by Gasteiger charge is 1.87. The molecule has 0 amide bonds. The van der Waals surface area contributed by atoms with Crippen molar-refractivity contribution in [3.8, 4) is 0 Å². The first-order valence-electron chi connectivity index (χ1n) is 1.34. The standard InChI is InChI=1S/C2H4O3Si/c3-1-2(4)5-6/h1H,6H3. The van der Waals surface area contributed by atoms with E-state index in [9.17, 15) is 9.59 Å². The van der Waals surface area contributed by atoms with Crippen molar-refractivity contribution in [1.82, 2.24) is 0 Å².